The fourth-order valence-corrected chi connectivity index (χ4v) is 2.04. The summed E-state index contributed by atoms with van der Waals surface area (Å²) in [5, 5.41) is 1.05. The molecule has 0 atom stereocenters. The molecule has 1 aromatic heterocycles. The maximum atomic E-state index is 11.4. The van der Waals surface area contributed by atoms with Gasteiger partial charge in [-0.25, -0.2) is 0 Å². The van der Waals surface area contributed by atoms with Gasteiger partial charge in [0.15, 0.2) is 0 Å². The van der Waals surface area contributed by atoms with Gasteiger partial charge in [0.1, 0.15) is 0 Å². The van der Waals surface area contributed by atoms with Crippen molar-refractivity contribution in [3.63, 3.8) is 0 Å². The smallest absolute Gasteiger partial charge is 0.248 e. The molecule has 82 valence electrons. The number of rotatable bonds is 1. The van der Waals surface area contributed by atoms with Gasteiger partial charge in [-0.1, -0.05) is 48.5 Å². The molecular weight excluding hydrogens is 210 g/mol. The van der Waals surface area contributed by atoms with Crippen molar-refractivity contribution in [2.24, 2.45) is 0 Å². The normalized spacial score (nSPS) is 10.6. The van der Waals surface area contributed by atoms with Crippen LogP contribution < -0.4 is 5.56 Å². The standard InChI is InChI=1S/C15H11NO/c17-14-10-9-12-7-4-8-13(15(12)16-14)11-5-2-1-3-6-11/h1-10H,(H,16,17). The van der Waals surface area contributed by atoms with Gasteiger partial charge in [-0.2, -0.15) is 0 Å². The minimum absolute atomic E-state index is 0.0686. The van der Waals surface area contributed by atoms with Gasteiger partial charge in [-0.3, -0.25) is 4.79 Å². The first-order valence-electron chi connectivity index (χ1n) is 5.52. The number of H-pyrrole nitrogens is 1. The third kappa shape index (κ3) is 1.74. The minimum atomic E-state index is -0.0686. The van der Waals surface area contributed by atoms with Crippen LogP contribution in [0.3, 0.4) is 0 Å². The van der Waals surface area contributed by atoms with E-state index in [1.165, 1.54) is 0 Å². The lowest BCUT2D eigenvalue weighted by molar-refractivity contribution is 1.31. The summed E-state index contributed by atoms with van der Waals surface area (Å²) < 4.78 is 0. The maximum Gasteiger partial charge on any atom is 0.248 e. The molecule has 0 bridgehead atoms. The van der Waals surface area contributed by atoms with Crippen molar-refractivity contribution in [1.29, 1.82) is 0 Å². The summed E-state index contributed by atoms with van der Waals surface area (Å²) in [5.74, 6) is 0. The highest BCUT2D eigenvalue weighted by Gasteiger charge is 2.03. The van der Waals surface area contributed by atoms with E-state index in [9.17, 15) is 4.79 Å². The van der Waals surface area contributed by atoms with E-state index >= 15 is 0 Å². The molecule has 0 unspecified atom stereocenters. The Morgan fingerprint density at radius 2 is 1.59 bits per heavy atom. The summed E-state index contributed by atoms with van der Waals surface area (Å²) in [4.78, 5) is 14.3. The van der Waals surface area contributed by atoms with E-state index in [0.717, 1.165) is 22.0 Å². The topological polar surface area (TPSA) is 32.9 Å². The highest BCUT2D eigenvalue weighted by molar-refractivity contribution is 5.93. The number of pyridine rings is 1. The average molecular weight is 221 g/mol. The zero-order valence-corrected chi connectivity index (χ0v) is 9.18. The first kappa shape index (κ1) is 9.85. The van der Waals surface area contributed by atoms with Gasteiger partial charge in [-0.05, 0) is 17.0 Å². The number of hydrogen-bond donors (Lipinski definition) is 1. The molecule has 2 aromatic carbocycles. The lowest BCUT2D eigenvalue weighted by Crippen LogP contribution is -2.03. The first-order valence-corrected chi connectivity index (χ1v) is 5.52. The van der Waals surface area contributed by atoms with E-state index in [4.69, 9.17) is 0 Å². The number of nitrogens with one attached hydrogen (secondary N) is 1. The predicted molar refractivity (Wildman–Crippen MR) is 70.0 cm³/mol. The summed E-state index contributed by atoms with van der Waals surface area (Å²) in [5.41, 5.74) is 2.99. The Bertz CT molecular complexity index is 714. The lowest BCUT2D eigenvalue weighted by Gasteiger charge is -2.05. The molecule has 0 saturated carbocycles. The van der Waals surface area contributed by atoms with E-state index in [1.54, 1.807) is 6.07 Å². The molecule has 3 aromatic rings. The zero-order chi connectivity index (χ0) is 11.7. The molecule has 0 saturated heterocycles. The van der Waals surface area contributed by atoms with Gasteiger partial charge in [0, 0.05) is 11.6 Å². The van der Waals surface area contributed by atoms with Gasteiger partial charge in [0.25, 0.3) is 0 Å². The molecular formula is C15H11NO. The molecule has 0 aliphatic rings. The highest BCUT2D eigenvalue weighted by atomic mass is 16.1. The van der Waals surface area contributed by atoms with Gasteiger partial charge >= 0.3 is 0 Å². The number of hydrogen-bond acceptors (Lipinski definition) is 1. The second-order valence-electron chi connectivity index (χ2n) is 3.96. The van der Waals surface area contributed by atoms with Crippen LogP contribution in [0.25, 0.3) is 22.0 Å². The van der Waals surface area contributed by atoms with Crippen LogP contribution in [0.5, 0.6) is 0 Å². The Morgan fingerprint density at radius 3 is 2.41 bits per heavy atom. The van der Waals surface area contributed by atoms with Crippen molar-refractivity contribution in [3.05, 3.63) is 71.0 Å². The summed E-state index contributed by atoms with van der Waals surface area (Å²) in [6.07, 6.45) is 0. The van der Waals surface area contributed by atoms with Crippen LogP contribution in [0.1, 0.15) is 0 Å². The van der Waals surface area contributed by atoms with Crippen molar-refractivity contribution in [2.45, 2.75) is 0 Å². The Balaban J connectivity index is 2.37. The van der Waals surface area contributed by atoms with Crippen LogP contribution in [-0.4, -0.2) is 4.98 Å². The summed E-state index contributed by atoms with van der Waals surface area (Å²) in [6.45, 7) is 0. The quantitative estimate of drug-likeness (QED) is 0.672. The molecule has 0 amide bonds. The molecule has 0 radical (unpaired) electrons. The van der Waals surface area contributed by atoms with E-state index in [2.05, 4.69) is 4.98 Å². The van der Waals surface area contributed by atoms with Gasteiger partial charge in [-0.15, -0.1) is 0 Å². The highest BCUT2D eigenvalue weighted by Crippen LogP contribution is 2.25. The molecule has 1 heterocycles. The second kappa shape index (κ2) is 3.91. The van der Waals surface area contributed by atoms with E-state index in [-0.39, 0.29) is 5.56 Å². The third-order valence-corrected chi connectivity index (χ3v) is 2.84. The number of para-hydroxylation sites is 1. The summed E-state index contributed by atoms with van der Waals surface area (Å²) >= 11 is 0. The summed E-state index contributed by atoms with van der Waals surface area (Å²) in [6, 6.07) is 19.5. The molecule has 17 heavy (non-hydrogen) atoms. The van der Waals surface area contributed by atoms with E-state index < -0.39 is 0 Å². The molecule has 0 fully saturated rings. The van der Waals surface area contributed by atoms with Crippen molar-refractivity contribution in [1.82, 2.24) is 4.98 Å². The lowest BCUT2D eigenvalue weighted by atomic mass is 10.0. The van der Waals surface area contributed by atoms with Crippen molar-refractivity contribution < 1.29 is 0 Å². The summed E-state index contributed by atoms with van der Waals surface area (Å²) in [7, 11) is 0. The third-order valence-electron chi connectivity index (χ3n) is 2.84. The molecule has 3 rings (SSSR count). The average Bonchev–Trinajstić information content (AvgIpc) is 2.39. The van der Waals surface area contributed by atoms with Crippen LogP contribution in [0.4, 0.5) is 0 Å². The molecule has 0 spiro atoms. The Kier molecular flexibility index (Phi) is 2.26. The van der Waals surface area contributed by atoms with Crippen LogP contribution >= 0.6 is 0 Å². The predicted octanol–water partition coefficient (Wildman–Crippen LogP) is 3.20. The van der Waals surface area contributed by atoms with Crippen LogP contribution in [0.2, 0.25) is 0 Å². The molecule has 2 heteroatoms. The minimum Gasteiger partial charge on any atom is -0.321 e. The Morgan fingerprint density at radius 1 is 0.765 bits per heavy atom. The van der Waals surface area contributed by atoms with Gasteiger partial charge < -0.3 is 4.98 Å². The Hall–Kier alpha value is -2.35. The van der Waals surface area contributed by atoms with Crippen LogP contribution in [0.15, 0.2) is 65.5 Å². The van der Waals surface area contributed by atoms with Crippen LogP contribution in [0, 0.1) is 0 Å². The molecule has 2 nitrogen and oxygen atoms in total. The number of benzene rings is 2. The largest absolute Gasteiger partial charge is 0.321 e. The van der Waals surface area contributed by atoms with Crippen molar-refractivity contribution in [3.8, 4) is 11.1 Å². The SMILES string of the molecule is O=c1ccc2cccc(-c3ccccc3)c2[nH]1. The molecule has 0 aliphatic carbocycles. The van der Waals surface area contributed by atoms with Gasteiger partial charge in [0.2, 0.25) is 5.56 Å². The van der Waals surface area contributed by atoms with E-state index in [0.29, 0.717) is 0 Å². The van der Waals surface area contributed by atoms with Crippen LogP contribution in [-0.2, 0) is 0 Å². The number of fused-ring (bicyclic) bond motifs is 1. The second-order valence-corrected chi connectivity index (χ2v) is 3.96. The first-order chi connectivity index (χ1) is 8.34. The fraction of sp³-hybridized carbons (Fsp3) is 0. The number of aromatic amines is 1. The molecule has 0 aliphatic heterocycles. The van der Waals surface area contributed by atoms with Crippen molar-refractivity contribution in [2.75, 3.05) is 0 Å². The van der Waals surface area contributed by atoms with Gasteiger partial charge in [0.05, 0.1) is 5.52 Å². The Labute approximate surface area is 98.6 Å². The monoisotopic (exact) mass is 221 g/mol. The zero-order valence-electron chi connectivity index (χ0n) is 9.18. The fourth-order valence-electron chi connectivity index (χ4n) is 2.04. The molecule has 1 N–H and O–H groups in total. The maximum absolute atomic E-state index is 11.4. The van der Waals surface area contributed by atoms with Crippen molar-refractivity contribution >= 4 is 10.9 Å². The number of aromatic nitrogens is 1. The van der Waals surface area contributed by atoms with E-state index in [1.807, 2.05) is 54.6 Å².